The van der Waals surface area contributed by atoms with Gasteiger partial charge >= 0.3 is 0 Å². The minimum atomic E-state index is -0.905. The number of amides is 3. The van der Waals surface area contributed by atoms with Crippen LogP contribution < -0.4 is 31.6 Å². The highest BCUT2D eigenvalue weighted by Crippen LogP contribution is 2.41. The van der Waals surface area contributed by atoms with Crippen LogP contribution in [-0.2, 0) is 9.59 Å². The van der Waals surface area contributed by atoms with E-state index in [1.54, 1.807) is 35.6 Å². The normalized spacial score (nSPS) is 16.5. The third-order valence-electron chi connectivity index (χ3n) is 9.55. The second kappa shape index (κ2) is 17.8. The Morgan fingerprint density at radius 1 is 0.964 bits per heavy atom. The SMILES string of the molecule is Cc1nc(NC(=O)c2ccccc2NC(O)CCCCC(=O)NCCNC(=O)C[C@@H]2N=C(c3ccc(Cl)cc3)c3c(sc(C)c3C)N3C2=NNC3C)sc1C. The van der Waals surface area contributed by atoms with Gasteiger partial charge in [0.05, 0.1) is 23.4 Å². The first-order valence-electron chi connectivity index (χ1n) is 18.3. The molecule has 6 rings (SSSR count). The smallest absolute Gasteiger partial charge is 0.259 e. The Morgan fingerprint density at radius 3 is 2.42 bits per heavy atom. The maximum Gasteiger partial charge on any atom is 0.259 e. The van der Waals surface area contributed by atoms with Crippen LogP contribution in [0.2, 0.25) is 5.02 Å². The number of anilines is 3. The summed E-state index contributed by atoms with van der Waals surface area (Å²) < 4.78 is 0. The molecule has 0 fully saturated rings. The number of hydrazone groups is 1. The van der Waals surface area contributed by atoms with Crippen LogP contribution in [0.25, 0.3) is 0 Å². The number of halogens is 1. The quantitative estimate of drug-likeness (QED) is 0.0605. The van der Waals surface area contributed by atoms with Crippen molar-refractivity contribution in [3.05, 3.63) is 91.3 Å². The first-order chi connectivity index (χ1) is 26.4. The van der Waals surface area contributed by atoms with E-state index < -0.39 is 12.3 Å². The van der Waals surface area contributed by atoms with Crippen LogP contribution in [0, 0.1) is 27.7 Å². The molecule has 0 bridgehead atoms. The van der Waals surface area contributed by atoms with Crippen molar-refractivity contribution in [2.24, 2.45) is 10.1 Å². The first-order valence-corrected chi connectivity index (χ1v) is 20.3. The number of unbranched alkanes of at least 4 members (excludes halogenated alkanes) is 1. The highest BCUT2D eigenvalue weighted by atomic mass is 35.5. The number of benzene rings is 2. The molecule has 3 amide bonds. The summed E-state index contributed by atoms with van der Waals surface area (Å²) in [5, 5.41) is 29.1. The summed E-state index contributed by atoms with van der Waals surface area (Å²) in [7, 11) is 0. The number of aromatic nitrogens is 1. The molecule has 2 aromatic carbocycles. The highest BCUT2D eigenvalue weighted by molar-refractivity contribution is 7.17. The molecule has 2 unspecified atom stereocenters. The summed E-state index contributed by atoms with van der Waals surface area (Å²) in [5.41, 5.74) is 8.82. The van der Waals surface area contributed by atoms with Gasteiger partial charge in [-0.25, -0.2) is 4.98 Å². The second-order valence-electron chi connectivity index (χ2n) is 13.6. The molecule has 0 aliphatic carbocycles. The lowest BCUT2D eigenvalue weighted by atomic mass is 9.99. The van der Waals surface area contributed by atoms with Crippen LogP contribution in [0.5, 0.6) is 0 Å². The number of aryl methyl sites for hydroxylation is 3. The maximum atomic E-state index is 13.3. The lowest BCUT2D eigenvalue weighted by Gasteiger charge is -2.24. The van der Waals surface area contributed by atoms with Gasteiger partial charge in [0.15, 0.2) is 11.0 Å². The minimum absolute atomic E-state index is 0.0818. The van der Waals surface area contributed by atoms with Gasteiger partial charge in [0.2, 0.25) is 11.8 Å². The fourth-order valence-electron chi connectivity index (χ4n) is 6.40. The molecular formula is C39H46ClN9O4S2. The van der Waals surface area contributed by atoms with Crippen molar-refractivity contribution in [1.82, 2.24) is 21.0 Å². The molecule has 2 aromatic heterocycles. The standard InChI is InChI=1S/C39H46ClN9O4S2/c1-21-23(3)54-38-34(21)35(26-14-16-27(40)17-15-26)45-30(36-48-47-25(5)49(36)38)20-33(52)42-19-18-41-31(50)12-8-9-13-32(51)44-29-11-7-6-10-28(29)37(53)46-39-43-22(2)24(4)55-39/h6-7,10-11,14-17,25,30,32,44,47,51H,8-9,12-13,18-20H2,1-5H3,(H,41,50)(H,42,52)(H,43,46,53)/t25?,30-,32?/m0/s1. The van der Waals surface area contributed by atoms with E-state index in [1.165, 1.54) is 16.2 Å². The van der Waals surface area contributed by atoms with Gasteiger partial charge in [-0.1, -0.05) is 35.9 Å². The molecule has 55 heavy (non-hydrogen) atoms. The van der Waals surface area contributed by atoms with Crippen molar-refractivity contribution >= 4 is 79.4 Å². The number of aliphatic hydroxyl groups is 1. The maximum absolute atomic E-state index is 13.3. The molecule has 16 heteroatoms. The zero-order valence-corrected chi connectivity index (χ0v) is 33.8. The number of amidine groups is 1. The molecule has 13 nitrogen and oxygen atoms in total. The van der Waals surface area contributed by atoms with Gasteiger partial charge in [-0.2, -0.15) is 5.10 Å². The number of nitrogens with zero attached hydrogens (tertiary/aromatic N) is 4. The number of hydrogen-bond acceptors (Lipinski definition) is 12. The number of thiazole rings is 1. The average Bonchev–Trinajstić information content (AvgIpc) is 3.76. The van der Waals surface area contributed by atoms with Gasteiger partial charge in [0.25, 0.3) is 5.91 Å². The number of hydrogen-bond donors (Lipinski definition) is 6. The fourth-order valence-corrected chi connectivity index (χ4v) is 8.58. The van der Waals surface area contributed by atoms with Gasteiger partial charge in [0.1, 0.15) is 23.4 Å². The molecule has 0 radical (unpaired) electrons. The summed E-state index contributed by atoms with van der Waals surface area (Å²) in [5.74, 6) is 0.0318. The molecule has 0 saturated carbocycles. The molecule has 2 aliphatic heterocycles. The van der Waals surface area contributed by atoms with Gasteiger partial charge < -0.3 is 21.1 Å². The Bertz CT molecular complexity index is 2090. The second-order valence-corrected chi connectivity index (χ2v) is 16.4. The number of rotatable bonds is 15. The van der Waals surface area contributed by atoms with Crippen LogP contribution in [0.15, 0.2) is 58.6 Å². The zero-order valence-electron chi connectivity index (χ0n) is 31.5. The summed E-state index contributed by atoms with van der Waals surface area (Å²) in [6, 6.07) is 14.0. The molecule has 4 heterocycles. The molecule has 4 aromatic rings. The van der Waals surface area contributed by atoms with Crippen molar-refractivity contribution < 1.29 is 19.5 Å². The van der Waals surface area contributed by atoms with Crippen LogP contribution >= 0.6 is 34.3 Å². The monoisotopic (exact) mass is 803 g/mol. The number of carbonyl (C=O) groups is 3. The van der Waals surface area contributed by atoms with Crippen LogP contribution in [0.4, 0.5) is 15.8 Å². The van der Waals surface area contributed by atoms with E-state index in [2.05, 4.69) is 55.5 Å². The van der Waals surface area contributed by atoms with E-state index in [1.807, 2.05) is 45.0 Å². The molecule has 2 aliphatic rings. The minimum Gasteiger partial charge on any atom is -0.374 e. The van der Waals surface area contributed by atoms with Crippen molar-refractivity contribution in [1.29, 1.82) is 0 Å². The van der Waals surface area contributed by atoms with Crippen LogP contribution in [-0.4, -0.2) is 70.9 Å². The molecule has 6 N–H and O–H groups in total. The summed E-state index contributed by atoms with van der Waals surface area (Å²) >= 11 is 9.32. The predicted octanol–water partition coefficient (Wildman–Crippen LogP) is 6.25. The van der Waals surface area contributed by atoms with E-state index in [0.29, 0.717) is 46.5 Å². The third-order valence-corrected chi connectivity index (χ3v) is 12.0. The van der Waals surface area contributed by atoms with Crippen molar-refractivity contribution in [3.63, 3.8) is 0 Å². The number of thiophene rings is 1. The predicted molar refractivity (Wildman–Crippen MR) is 222 cm³/mol. The molecule has 0 spiro atoms. The molecular weight excluding hydrogens is 758 g/mol. The molecule has 3 atom stereocenters. The largest absolute Gasteiger partial charge is 0.374 e. The summed E-state index contributed by atoms with van der Waals surface area (Å²) in [6.07, 6.45) is 0.885. The zero-order chi connectivity index (χ0) is 39.2. The van der Waals surface area contributed by atoms with E-state index in [4.69, 9.17) is 16.6 Å². The topological polar surface area (TPSA) is 172 Å². The van der Waals surface area contributed by atoms with Gasteiger partial charge in [-0.3, -0.25) is 35.0 Å². The number of aliphatic imine (C=N–C) groups is 1. The molecule has 0 saturated heterocycles. The lowest BCUT2D eigenvalue weighted by molar-refractivity contribution is -0.123. The third kappa shape index (κ3) is 9.53. The van der Waals surface area contributed by atoms with Gasteiger partial charge in [0, 0.05) is 51.1 Å². The van der Waals surface area contributed by atoms with Crippen LogP contribution in [0.3, 0.4) is 0 Å². The lowest BCUT2D eigenvalue weighted by Crippen LogP contribution is -2.43. The highest BCUT2D eigenvalue weighted by Gasteiger charge is 2.39. The Kier molecular flexibility index (Phi) is 12.9. The Hall–Kier alpha value is -4.83. The summed E-state index contributed by atoms with van der Waals surface area (Å²) in [6.45, 7) is 10.6. The first kappa shape index (κ1) is 39.9. The molecule has 290 valence electrons. The van der Waals surface area contributed by atoms with E-state index in [0.717, 1.165) is 38.0 Å². The van der Waals surface area contributed by atoms with Crippen molar-refractivity contribution in [3.8, 4) is 0 Å². The van der Waals surface area contributed by atoms with Gasteiger partial charge in [-0.15, -0.1) is 22.7 Å². The Labute approximate surface area is 333 Å². The number of fused-ring (bicyclic) bond motifs is 3. The Morgan fingerprint density at radius 2 is 1.69 bits per heavy atom. The van der Waals surface area contributed by atoms with E-state index in [9.17, 15) is 19.5 Å². The number of nitrogens with one attached hydrogen (secondary N) is 5. The number of aliphatic hydroxyl groups excluding tert-OH is 1. The van der Waals surface area contributed by atoms with Crippen molar-refractivity contribution in [2.75, 3.05) is 28.6 Å². The Balaban J connectivity index is 0.949. The van der Waals surface area contributed by atoms with E-state index in [-0.39, 0.29) is 49.8 Å². The van der Waals surface area contributed by atoms with Crippen LogP contribution in [0.1, 0.15) is 81.5 Å². The van der Waals surface area contributed by atoms with Crippen molar-refractivity contribution in [2.45, 2.75) is 85.2 Å². The number of carbonyl (C=O) groups excluding carboxylic acids is 3. The summed E-state index contributed by atoms with van der Waals surface area (Å²) in [4.78, 5) is 52.7. The number of para-hydroxylation sites is 1. The fraction of sp³-hybridized carbons (Fsp3) is 0.385. The van der Waals surface area contributed by atoms with E-state index >= 15 is 0 Å². The van der Waals surface area contributed by atoms with Gasteiger partial charge in [-0.05, 0) is 83.7 Å². The average molecular weight is 804 g/mol.